The topological polar surface area (TPSA) is 149 Å². The van der Waals surface area contributed by atoms with Crippen molar-refractivity contribution in [2.75, 3.05) is 11.5 Å². The van der Waals surface area contributed by atoms with E-state index in [1.54, 1.807) is 6.07 Å². The number of hydrogen-bond donors (Lipinski definition) is 2. The van der Waals surface area contributed by atoms with Crippen molar-refractivity contribution in [1.82, 2.24) is 9.97 Å². The quantitative estimate of drug-likeness (QED) is 0.232. The van der Waals surface area contributed by atoms with Crippen LogP contribution in [0.1, 0.15) is 5.56 Å². The number of pyridine rings is 2. The van der Waals surface area contributed by atoms with E-state index < -0.39 is 0 Å². The molecule has 2 aromatic rings. The first-order valence-corrected chi connectivity index (χ1v) is 7.12. The van der Waals surface area contributed by atoms with Crippen LogP contribution >= 0.6 is 45.8 Å². The van der Waals surface area contributed by atoms with Crippen molar-refractivity contribution in [2.24, 2.45) is 0 Å². The maximum absolute atomic E-state index is 8.39. The molecule has 0 saturated heterocycles. The molecule has 0 amide bonds. The number of nitrogen functional groups attached to an aromatic ring is 2. The first-order valence-electron chi connectivity index (χ1n) is 5.28. The Balaban J connectivity index is -0.000000295. The number of nitrogens with zero attached hydrogens (tertiary/aromatic N) is 5. The molecule has 0 aliphatic carbocycles. The van der Waals surface area contributed by atoms with E-state index in [0.717, 1.165) is 3.57 Å². The predicted molar refractivity (Wildman–Crippen MR) is 94.7 cm³/mol. The summed E-state index contributed by atoms with van der Waals surface area (Å²) < 4.78 is 0.920. The normalized spacial score (nSPS) is 7.42. The van der Waals surface area contributed by atoms with Gasteiger partial charge < -0.3 is 35.1 Å². The molecule has 118 valence electrons. The third-order valence-electron chi connectivity index (χ3n) is 1.82. The van der Waals surface area contributed by atoms with Gasteiger partial charge in [0.2, 0.25) is 0 Å². The molecule has 4 N–H and O–H groups in total. The molecule has 11 heteroatoms. The number of anilines is 2. The van der Waals surface area contributed by atoms with Gasteiger partial charge in [0.25, 0.3) is 0 Å². The Morgan fingerprint density at radius 1 is 0.917 bits per heavy atom. The van der Waals surface area contributed by atoms with Crippen LogP contribution < -0.4 is 11.5 Å². The minimum Gasteiger partial charge on any atom is -0.512 e. The van der Waals surface area contributed by atoms with E-state index >= 15 is 0 Å². The van der Waals surface area contributed by atoms with Crippen LogP contribution in [0.5, 0.6) is 0 Å². The second-order valence-corrected chi connectivity index (χ2v) is 5.07. The van der Waals surface area contributed by atoms with Crippen LogP contribution in [-0.4, -0.2) is 9.97 Å². The van der Waals surface area contributed by atoms with Crippen LogP contribution in [0.2, 0.25) is 10.3 Å². The molecule has 0 aliphatic heterocycles. The van der Waals surface area contributed by atoms with Gasteiger partial charge in [-0.1, -0.05) is 23.2 Å². The van der Waals surface area contributed by atoms with E-state index in [4.69, 9.17) is 63.6 Å². The molecule has 7 nitrogen and oxygen atoms in total. The second-order valence-electron chi connectivity index (χ2n) is 3.20. The monoisotopic (exact) mass is 523 g/mol. The summed E-state index contributed by atoms with van der Waals surface area (Å²) in [6, 6.07) is 8.48. The van der Waals surface area contributed by atoms with Crippen LogP contribution in [0.4, 0.5) is 11.6 Å². The summed E-state index contributed by atoms with van der Waals surface area (Å²) >= 11 is 13.2. The first kappa shape index (κ1) is 27.2. The van der Waals surface area contributed by atoms with Gasteiger partial charge in [0.15, 0.2) is 0 Å². The fraction of sp³-hybridized carbons (Fsp3) is 0. The third kappa shape index (κ3) is 10.9. The second kappa shape index (κ2) is 16.2. The summed E-state index contributed by atoms with van der Waals surface area (Å²) in [5.74, 6) is 0.782. The van der Waals surface area contributed by atoms with Crippen molar-refractivity contribution < 1.29 is 19.5 Å². The van der Waals surface area contributed by atoms with E-state index in [1.165, 1.54) is 12.1 Å². The zero-order valence-electron chi connectivity index (χ0n) is 12.0. The van der Waals surface area contributed by atoms with Crippen LogP contribution in [0, 0.1) is 38.6 Å². The Labute approximate surface area is 176 Å². The molecule has 2 rings (SSSR count). The Morgan fingerprint density at radius 2 is 1.33 bits per heavy atom. The van der Waals surface area contributed by atoms with Gasteiger partial charge in [0, 0.05) is 0 Å². The number of aromatic nitrogens is 2. The summed E-state index contributed by atoms with van der Waals surface area (Å²) in [6.45, 7) is 9.50. The summed E-state index contributed by atoms with van der Waals surface area (Å²) in [4.78, 5) is 7.47. The van der Waals surface area contributed by atoms with Crippen LogP contribution in [-0.2, 0) is 19.5 Å². The number of rotatable bonds is 0. The molecular formula is C13H8Cl2IN7Zn. The molecule has 0 fully saturated rings. The summed E-state index contributed by atoms with van der Waals surface area (Å²) in [5, 5.41) is 21.5. The number of hydrogen-bond acceptors (Lipinski definition) is 7. The minimum atomic E-state index is 0. The Bertz CT molecular complexity index is 710. The van der Waals surface area contributed by atoms with Gasteiger partial charge in [-0.3, -0.25) is 0 Å². The minimum absolute atomic E-state index is 0. The van der Waals surface area contributed by atoms with Crippen molar-refractivity contribution in [3.8, 4) is 6.07 Å². The molecule has 0 aliphatic rings. The Hall–Kier alpha value is -1.70. The van der Waals surface area contributed by atoms with Crippen LogP contribution in [0.15, 0.2) is 24.3 Å². The summed E-state index contributed by atoms with van der Waals surface area (Å²) in [7, 11) is 0. The average Bonchev–Trinajstić information content (AvgIpc) is 2.56. The predicted octanol–water partition coefficient (Wildman–Crippen LogP) is 3.30. The molecule has 0 aromatic carbocycles. The van der Waals surface area contributed by atoms with Gasteiger partial charge in [0.05, 0.1) is 9.13 Å². The van der Waals surface area contributed by atoms with E-state index in [-0.39, 0.29) is 24.6 Å². The summed E-state index contributed by atoms with van der Waals surface area (Å²) in [6.07, 6.45) is 0. The zero-order valence-corrected chi connectivity index (χ0v) is 18.7. The maximum atomic E-state index is 8.39. The van der Waals surface area contributed by atoms with Gasteiger partial charge in [-0.2, -0.15) is 5.26 Å². The first-order chi connectivity index (χ1) is 10.9. The maximum Gasteiger partial charge on any atom is 2.00 e. The summed E-state index contributed by atoms with van der Waals surface area (Å²) in [5.41, 5.74) is 10.9. The number of nitriles is 1. The molecular weight excluding hydrogens is 517 g/mol. The molecule has 2 heterocycles. The van der Waals surface area contributed by atoms with E-state index in [0.29, 0.717) is 22.4 Å². The van der Waals surface area contributed by atoms with E-state index in [2.05, 4.69) is 32.6 Å². The van der Waals surface area contributed by atoms with E-state index in [9.17, 15) is 0 Å². The van der Waals surface area contributed by atoms with Gasteiger partial charge in [-0.15, -0.1) is 0 Å². The molecule has 0 spiro atoms. The van der Waals surface area contributed by atoms with Crippen LogP contribution in [0.3, 0.4) is 0 Å². The largest absolute Gasteiger partial charge is 2.00 e. The van der Waals surface area contributed by atoms with Crippen molar-refractivity contribution in [1.29, 1.82) is 15.8 Å². The molecule has 24 heavy (non-hydrogen) atoms. The SMILES string of the molecule is N#Cc1ccc(N)nc1Cl.Nc1ccc(I)c(Cl)n1.[C-]#N.[C-]#N.[Zn+2]. The number of nitrogens with two attached hydrogens (primary N) is 2. The molecule has 0 radical (unpaired) electrons. The Kier molecular flexibility index (Phi) is 18.3. The third-order valence-corrected chi connectivity index (χ3v) is 3.58. The van der Waals surface area contributed by atoms with Gasteiger partial charge in [-0.05, 0) is 46.9 Å². The zero-order chi connectivity index (χ0) is 18.4. The molecule has 0 saturated carbocycles. The smallest absolute Gasteiger partial charge is 0.512 e. The van der Waals surface area contributed by atoms with E-state index in [1.807, 2.05) is 12.1 Å². The van der Waals surface area contributed by atoms with Crippen molar-refractivity contribution >= 4 is 57.4 Å². The van der Waals surface area contributed by atoms with Crippen LogP contribution in [0.25, 0.3) is 0 Å². The molecule has 2 aromatic heterocycles. The van der Waals surface area contributed by atoms with Crippen molar-refractivity contribution in [2.45, 2.75) is 0 Å². The van der Waals surface area contributed by atoms with Crippen molar-refractivity contribution in [3.05, 3.63) is 56.8 Å². The molecule has 0 unspecified atom stereocenters. The fourth-order valence-corrected chi connectivity index (χ4v) is 1.63. The molecule has 0 bridgehead atoms. The molecule has 0 atom stereocenters. The Morgan fingerprint density at radius 3 is 1.67 bits per heavy atom. The van der Waals surface area contributed by atoms with Gasteiger partial charge in [-0.25, -0.2) is 9.97 Å². The fourth-order valence-electron chi connectivity index (χ4n) is 0.963. The number of halogens is 3. The van der Waals surface area contributed by atoms with Gasteiger partial charge >= 0.3 is 19.5 Å². The standard InChI is InChI=1S/C6H4ClN3.C5H4ClIN2.2CN.Zn/c7-6-4(3-8)1-2-5(9)10-6;6-5-3(7)1-2-4(8)9-5;2*1-2;/h1-2H,(H2,9,10);1-2H,(H2,8,9);;;/q;;2*-1;+2. The van der Waals surface area contributed by atoms with Gasteiger partial charge in [0.1, 0.15) is 28.0 Å². The average molecular weight is 525 g/mol. The van der Waals surface area contributed by atoms with Crippen molar-refractivity contribution in [3.63, 3.8) is 0 Å².